The molecule has 2 aromatic carbocycles. The molecule has 2 atom stereocenters. The van der Waals surface area contributed by atoms with Crippen molar-refractivity contribution in [3.63, 3.8) is 0 Å². The third-order valence-corrected chi connectivity index (χ3v) is 6.18. The second-order valence-electron chi connectivity index (χ2n) is 9.07. The van der Waals surface area contributed by atoms with Crippen LogP contribution in [0.15, 0.2) is 59.6 Å². The molecule has 2 fully saturated rings. The average molecular weight is 564 g/mol. The average Bonchev–Trinajstić information content (AvgIpc) is 3.22. The van der Waals surface area contributed by atoms with E-state index in [2.05, 4.69) is 95.6 Å². The Bertz CT molecular complexity index is 891. The summed E-state index contributed by atoms with van der Waals surface area (Å²) in [4.78, 5) is 12.2. The summed E-state index contributed by atoms with van der Waals surface area (Å²) < 4.78 is 6.17. The highest BCUT2D eigenvalue weighted by Gasteiger charge is 2.41. The smallest absolute Gasteiger partial charge is 0.194 e. The number of likely N-dealkylation sites (tertiary alicyclic amines) is 1. The number of rotatable bonds is 7. The first-order chi connectivity index (χ1) is 15.6. The maximum absolute atomic E-state index is 6.17. The molecule has 0 aromatic heterocycles. The van der Waals surface area contributed by atoms with Gasteiger partial charge in [-0.3, -0.25) is 4.90 Å². The second-order valence-corrected chi connectivity index (χ2v) is 9.07. The number of hydrogen-bond donors (Lipinski definition) is 1. The quantitative estimate of drug-likeness (QED) is 0.318. The molecule has 0 bridgehead atoms. The van der Waals surface area contributed by atoms with Crippen LogP contribution < -0.4 is 5.32 Å². The normalized spacial score (nSPS) is 21.1. The summed E-state index contributed by atoms with van der Waals surface area (Å²) >= 11 is 0. The van der Waals surface area contributed by atoms with E-state index in [0.29, 0.717) is 12.6 Å². The molecule has 6 nitrogen and oxygen atoms in total. The Morgan fingerprint density at radius 1 is 1.06 bits per heavy atom. The van der Waals surface area contributed by atoms with E-state index in [-0.39, 0.29) is 30.1 Å². The molecule has 0 aliphatic carbocycles. The first kappa shape index (κ1) is 25.9. The number of nitrogens with zero attached hydrogens (tertiary/aromatic N) is 4. The number of aliphatic imine (C=N–C) groups is 1. The molecule has 7 heteroatoms. The summed E-state index contributed by atoms with van der Waals surface area (Å²) in [5, 5.41) is 3.51. The minimum Gasteiger partial charge on any atom is -0.373 e. The number of nitrogens with one attached hydrogen (secondary N) is 1. The molecule has 0 spiro atoms. The van der Waals surface area contributed by atoms with Crippen LogP contribution in [0.5, 0.6) is 0 Å². The van der Waals surface area contributed by atoms with E-state index >= 15 is 0 Å². The SMILES string of the molecule is CCNC(=NCc1cccc(CN(C)C)c1)N1CC2OCCN(Cc3ccccc3)C2C1.I. The monoisotopic (exact) mass is 563 g/mol. The minimum absolute atomic E-state index is 0. The molecule has 180 valence electrons. The number of fused-ring (bicyclic) bond motifs is 1. The molecule has 0 saturated carbocycles. The first-order valence-corrected chi connectivity index (χ1v) is 11.8. The van der Waals surface area contributed by atoms with E-state index < -0.39 is 0 Å². The highest BCUT2D eigenvalue weighted by molar-refractivity contribution is 14.0. The van der Waals surface area contributed by atoms with Crippen molar-refractivity contribution in [2.45, 2.75) is 38.7 Å². The topological polar surface area (TPSA) is 43.3 Å². The van der Waals surface area contributed by atoms with E-state index in [9.17, 15) is 0 Å². The van der Waals surface area contributed by atoms with Gasteiger partial charge in [-0.15, -0.1) is 24.0 Å². The summed E-state index contributed by atoms with van der Waals surface area (Å²) in [6.45, 7) is 9.22. The number of ether oxygens (including phenoxy) is 1. The second kappa shape index (κ2) is 12.7. The minimum atomic E-state index is 0. The number of guanidine groups is 1. The molecule has 2 aliphatic rings. The summed E-state index contributed by atoms with van der Waals surface area (Å²) in [6, 6.07) is 19.9. The number of morpholine rings is 1. The highest BCUT2D eigenvalue weighted by atomic mass is 127. The van der Waals surface area contributed by atoms with Crippen molar-refractivity contribution in [3.8, 4) is 0 Å². The van der Waals surface area contributed by atoms with Crippen LogP contribution in [0.4, 0.5) is 0 Å². The van der Waals surface area contributed by atoms with Gasteiger partial charge in [0.05, 0.1) is 25.3 Å². The van der Waals surface area contributed by atoms with Crippen LogP contribution >= 0.6 is 24.0 Å². The summed E-state index contributed by atoms with van der Waals surface area (Å²) in [6.07, 6.45) is 0.236. The lowest BCUT2D eigenvalue weighted by Gasteiger charge is -2.36. The van der Waals surface area contributed by atoms with Crippen LogP contribution in [-0.4, -0.2) is 79.7 Å². The van der Waals surface area contributed by atoms with Crippen LogP contribution in [0.2, 0.25) is 0 Å². The predicted octanol–water partition coefficient (Wildman–Crippen LogP) is 3.42. The predicted molar refractivity (Wildman–Crippen MR) is 146 cm³/mol. The van der Waals surface area contributed by atoms with Gasteiger partial charge in [-0.1, -0.05) is 54.6 Å². The molecule has 33 heavy (non-hydrogen) atoms. The molecule has 0 amide bonds. The molecule has 0 radical (unpaired) electrons. The van der Waals surface area contributed by atoms with Crippen molar-refractivity contribution in [2.24, 2.45) is 4.99 Å². The molecule has 1 N–H and O–H groups in total. The third-order valence-electron chi connectivity index (χ3n) is 6.18. The van der Waals surface area contributed by atoms with Gasteiger partial charge in [-0.2, -0.15) is 0 Å². The van der Waals surface area contributed by atoms with Gasteiger partial charge >= 0.3 is 0 Å². The van der Waals surface area contributed by atoms with Gasteiger partial charge in [0.2, 0.25) is 0 Å². The zero-order chi connectivity index (χ0) is 22.3. The van der Waals surface area contributed by atoms with Gasteiger partial charge in [-0.25, -0.2) is 4.99 Å². The number of halogens is 1. The van der Waals surface area contributed by atoms with Crippen molar-refractivity contribution in [3.05, 3.63) is 71.3 Å². The Balaban J connectivity index is 0.00000306. The van der Waals surface area contributed by atoms with E-state index in [4.69, 9.17) is 9.73 Å². The molecular weight excluding hydrogens is 525 g/mol. The summed E-state index contributed by atoms with van der Waals surface area (Å²) in [5.41, 5.74) is 3.94. The van der Waals surface area contributed by atoms with Crippen molar-refractivity contribution < 1.29 is 4.74 Å². The zero-order valence-electron chi connectivity index (χ0n) is 20.1. The van der Waals surface area contributed by atoms with Crippen molar-refractivity contribution in [2.75, 3.05) is 46.9 Å². The molecule has 2 heterocycles. The van der Waals surface area contributed by atoms with Crippen molar-refractivity contribution in [1.82, 2.24) is 20.0 Å². The van der Waals surface area contributed by atoms with Crippen LogP contribution in [0.3, 0.4) is 0 Å². The zero-order valence-corrected chi connectivity index (χ0v) is 22.4. The van der Waals surface area contributed by atoms with E-state index in [1.807, 2.05) is 0 Å². The maximum Gasteiger partial charge on any atom is 0.194 e. The van der Waals surface area contributed by atoms with Crippen LogP contribution in [0, 0.1) is 0 Å². The number of hydrogen-bond acceptors (Lipinski definition) is 4. The van der Waals surface area contributed by atoms with Crippen molar-refractivity contribution >= 4 is 29.9 Å². The van der Waals surface area contributed by atoms with Gasteiger partial charge in [0, 0.05) is 39.3 Å². The largest absolute Gasteiger partial charge is 0.373 e. The standard InChI is InChI=1S/C26H37N5O.HI/c1-4-27-26(28-16-22-11-8-12-23(15-22)17-29(2)3)31-19-24-25(20-31)32-14-13-30(24)18-21-9-6-5-7-10-21;/h5-12,15,24-25H,4,13-14,16-20H2,1-3H3,(H,27,28);1H. The van der Waals surface area contributed by atoms with Gasteiger partial charge < -0.3 is 19.9 Å². The molecule has 2 aromatic rings. The lowest BCUT2D eigenvalue weighted by Crippen LogP contribution is -2.50. The van der Waals surface area contributed by atoms with Gasteiger partial charge in [0.1, 0.15) is 0 Å². The highest BCUT2D eigenvalue weighted by Crippen LogP contribution is 2.25. The molecule has 2 saturated heterocycles. The van der Waals surface area contributed by atoms with Gasteiger partial charge in [-0.05, 0) is 37.7 Å². The summed E-state index contributed by atoms with van der Waals surface area (Å²) in [5.74, 6) is 0.989. The molecular formula is C26H38IN5O. The first-order valence-electron chi connectivity index (χ1n) is 11.8. The Hall–Kier alpha value is -1.68. The van der Waals surface area contributed by atoms with Gasteiger partial charge in [0.15, 0.2) is 5.96 Å². The third kappa shape index (κ3) is 7.15. The van der Waals surface area contributed by atoms with E-state index in [1.165, 1.54) is 16.7 Å². The van der Waals surface area contributed by atoms with Crippen molar-refractivity contribution in [1.29, 1.82) is 0 Å². The van der Waals surface area contributed by atoms with Crippen LogP contribution in [0.25, 0.3) is 0 Å². The van der Waals surface area contributed by atoms with Crippen LogP contribution in [-0.2, 0) is 24.4 Å². The Labute approximate surface area is 216 Å². The number of benzene rings is 2. The molecule has 2 aliphatic heterocycles. The fourth-order valence-electron chi connectivity index (χ4n) is 4.73. The Kier molecular flexibility index (Phi) is 9.97. The van der Waals surface area contributed by atoms with Crippen LogP contribution in [0.1, 0.15) is 23.6 Å². The van der Waals surface area contributed by atoms with Gasteiger partial charge in [0.25, 0.3) is 0 Å². The fourth-order valence-corrected chi connectivity index (χ4v) is 4.73. The molecule has 4 rings (SSSR count). The lowest BCUT2D eigenvalue weighted by atomic mass is 10.1. The van der Waals surface area contributed by atoms with E-state index in [1.54, 1.807) is 0 Å². The fraction of sp³-hybridized carbons (Fsp3) is 0.500. The maximum atomic E-state index is 6.17. The Morgan fingerprint density at radius 2 is 1.82 bits per heavy atom. The molecule has 2 unspecified atom stereocenters. The van der Waals surface area contributed by atoms with E-state index in [0.717, 1.165) is 51.8 Å². The lowest BCUT2D eigenvalue weighted by molar-refractivity contribution is -0.0502. The Morgan fingerprint density at radius 3 is 2.58 bits per heavy atom. The summed E-state index contributed by atoms with van der Waals surface area (Å²) in [7, 11) is 4.20.